The van der Waals surface area contributed by atoms with Crippen LogP contribution < -0.4 is 0 Å². The Hall–Kier alpha value is -1.20. The Balaban J connectivity index is 2.15. The minimum absolute atomic E-state index is 0.107. The van der Waals surface area contributed by atoms with Crippen molar-refractivity contribution in [2.75, 3.05) is 20.2 Å². The molecule has 18 heavy (non-hydrogen) atoms. The topological polar surface area (TPSA) is 55.3 Å². The molecule has 5 nitrogen and oxygen atoms in total. The normalized spacial score (nSPS) is 19.9. The van der Waals surface area contributed by atoms with Gasteiger partial charge in [-0.1, -0.05) is 0 Å². The summed E-state index contributed by atoms with van der Waals surface area (Å²) >= 11 is 5.77. The van der Waals surface area contributed by atoms with Crippen LogP contribution in [0.1, 0.15) is 29.0 Å². The first-order valence-corrected chi connectivity index (χ1v) is 6.31. The highest BCUT2D eigenvalue weighted by Crippen LogP contribution is 2.16. The molecule has 0 aromatic carbocycles. The Morgan fingerprint density at radius 1 is 1.56 bits per heavy atom. The number of methoxy groups -OCH3 is 1. The van der Waals surface area contributed by atoms with E-state index in [0.29, 0.717) is 17.9 Å². The highest BCUT2D eigenvalue weighted by Gasteiger charge is 2.25. The smallest absolute Gasteiger partial charge is 0.272 e. The lowest BCUT2D eigenvalue weighted by Gasteiger charge is -2.31. The van der Waals surface area contributed by atoms with E-state index < -0.39 is 0 Å². The Morgan fingerprint density at radius 3 is 3.00 bits per heavy atom. The summed E-state index contributed by atoms with van der Waals surface area (Å²) in [5.74, 6) is -0.107. The second kappa shape index (κ2) is 5.63. The number of likely N-dealkylation sites (tertiary alicyclic amines) is 1. The predicted octanol–water partition coefficient (Wildman–Crippen LogP) is 1.69. The number of carbonyl (C=O) groups excluding carboxylic acids is 1. The fraction of sp³-hybridized carbons (Fsp3) is 0.583. The average molecular weight is 270 g/mol. The molecule has 1 aliphatic heterocycles. The summed E-state index contributed by atoms with van der Waals surface area (Å²) in [6, 6.07) is 1.66. The zero-order chi connectivity index (χ0) is 13.1. The summed E-state index contributed by atoms with van der Waals surface area (Å²) in [5, 5.41) is 0.110. The fourth-order valence-electron chi connectivity index (χ4n) is 2.12. The second-order valence-corrected chi connectivity index (χ2v) is 4.75. The molecule has 1 unspecified atom stereocenters. The molecule has 0 radical (unpaired) electrons. The SMILES string of the molecule is COC1CCCN(C(=O)c2cc(C)nc(Cl)n2)C1. The van der Waals surface area contributed by atoms with Crippen molar-refractivity contribution in [2.24, 2.45) is 0 Å². The van der Waals surface area contributed by atoms with E-state index in [4.69, 9.17) is 16.3 Å². The van der Waals surface area contributed by atoms with Crippen LogP contribution in [0.3, 0.4) is 0 Å². The molecule has 0 N–H and O–H groups in total. The van der Waals surface area contributed by atoms with Crippen LogP contribution >= 0.6 is 11.6 Å². The summed E-state index contributed by atoms with van der Waals surface area (Å²) in [4.78, 5) is 22.0. The fourth-order valence-corrected chi connectivity index (χ4v) is 2.34. The van der Waals surface area contributed by atoms with Gasteiger partial charge in [-0.3, -0.25) is 4.79 Å². The number of nitrogens with zero attached hydrogens (tertiary/aromatic N) is 3. The van der Waals surface area contributed by atoms with Crippen molar-refractivity contribution in [2.45, 2.75) is 25.9 Å². The molecule has 1 aromatic heterocycles. The highest BCUT2D eigenvalue weighted by atomic mass is 35.5. The van der Waals surface area contributed by atoms with Gasteiger partial charge in [-0.2, -0.15) is 0 Å². The summed E-state index contributed by atoms with van der Waals surface area (Å²) in [5.41, 5.74) is 1.04. The van der Waals surface area contributed by atoms with Gasteiger partial charge in [0.05, 0.1) is 6.10 Å². The zero-order valence-corrected chi connectivity index (χ0v) is 11.3. The molecule has 2 rings (SSSR count). The number of ether oxygens (including phenoxy) is 1. The van der Waals surface area contributed by atoms with Gasteiger partial charge in [0.15, 0.2) is 0 Å². The van der Waals surface area contributed by atoms with Crippen molar-refractivity contribution in [1.82, 2.24) is 14.9 Å². The van der Waals surface area contributed by atoms with Gasteiger partial charge in [-0.25, -0.2) is 9.97 Å². The number of aryl methyl sites for hydroxylation is 1. The summed E-state index contributed by atoms with van der Waals surface area (Å²) in [6.07, 6.45) is 2.05. The highest BCUT2D eigenvalue weighted by molar-refractivity contribution is 6.28. The number of hydrogen-bond donors (Lipinski definition) is 0. The number of hydrogen-bond acceptors (Lipinski definition) is 4. The van der Waals surface area contributed by atoms with Crippen LogP contribution in [0.15, 0.2) is 6.07 Å². The number of aromatic nitrogens is 2. The third kappa shape index (κ3) is 2.97. The molecular formula is C12H16ClN3O2. The molecule has 98 valence electrons. The van der Waals surface area contributed by atoms with E-state index in [-0.39, 0.29) is 17.3 Å². The van der Waals surface area contributed by atoms with Crippen molar-refractivity contribution < 1.29 is 9.53 Å². The van der Waals surface area contributed by atoms with Crippen LogP contribution in [-0.2, 0) is 4.74 Å². The van der Waals surface area contributed by atoms with Crippen LogP contribution in [0.2, 0.25) is 5.28 Å². The minimum atomic E-state index is -0.107. The van der Waals surface area contributed by atoms with Crippen LogP contribution in [0, 0.1) is 6.92 Å². The van der Waals surface area contributed by atoms with E-state index in [0.717, 1.165) is 19.4 Å². The van der Waals surface area contributed by atoms with E-state index in [9.17, 15) is 4.79 Å². The Bertz CT molecular complexity index is 433. The first-order valence-electron chi connectivity index (χ1n) is 5.93. The molecule has 0 aliphatic carbocycles. The summed E-state index contributed by atoms with van der Waals surface area (Å²) in [7, 11) is 1.67. The molecular weight excluding hydrogens is 254 g/mol. The van der Waals surface area contributed by atoms with E-state index in [1.807, 2.05) is 0 Å². The maximum Gasteiger partial charge on any atom is 0.272 e. The van der Waals surface area contributed by atoms with E-state index in [1.165, 1.54) is 0 Å². The Labute approximate surface area is 111 Å². The molecule has 0 saturated carbocycles. The van der Waals surface area contributed by atoms with Crippen LogP contribution in [0.5, 0.6) is 0 Å². The Kier molecular flexibility index (Phi) is 4.14. The molecule has 1 atom stereocenters. The molecule has 1 aromatic rings. The molecule has 0 spiro atoms. The Morgan fingerprint density at radius 2 is 2.33 bits per heavy atom. The summed E-state index contributed by atoms with van der Waals surface area (Å²) in [6.45, 7) is 3.13. The van der Waals surface area contributed by atoms with Gasteiger partial charge in [0.1, 0.15) is 5.69 Å². The first-order chi connectivity index (χ1) is 8.60. The maximum atomic E-state index is 12.3. The van der Waals surface area contributed by atoms with Gasteiger partial charge >= 0.3 is 0 Å². The molecule has 1 amide bonds. The lowest BCUT2D eigenvalue weighted by Crippen LogP contribution is -2.43. The molecule has 2 heterocycles. The van der Waals surface area contributed by atoms with E-state index in [1.54, 1.807) is 25.0 Å². The van der Waals surface area contributed by atoms with Crippen molar-refractivity contribution >= 4 is 17.5 Å². The lowest BCUT2D eigenvalue weighted by atomic mass is 10.1. The van der Waals surface area contributed by atoms with Crippen LogP contribution in [-0.4, -0.2) is 47.1 Å². The van der Waals surface area contributed by atoms with Crippen LogP contribution in [0.25, 0.3) is 0 Å². The number of amides is 1. The maximum absolute atomic E-state index is 12.3. The second-order valence-electron chi connectivity index (χ2n) is 4.41. The number of rotatable bonds is 2. The van der Waals surface area contributed by atoms with Gasteiger partial charge in [0, 0.05) is 25.9 Å². The predicted molar refractivity (Wildman–Crippen MR) is 67.7 cm³/mol. The lowest BCUT2D eigenvalue weighted by molar-refractivity contribution is 0.0265. The molecule has 1 saturated heterocycles. The zero-order valence-electron chi connectivity index (χ0n) is 10.5. The number of piperidine rings is 1. The van der Waals surface area contributed by atoms with Crippen LogP contribution in [0.4, 0.5) is 0 Å². The van der Waals surface area contributed by atoms with Crippen molar-refractivity contribution in [3.63, 3.8) is 0 Å². The average Bonchev–Trinajstić information content (AvgIpc) is 2.37. The third-order valence-electron chi connectivity index (χ3n) is 3.04. The van der Waals surface area contributed by atoms with Crippen molar-refractivity contribution in [3.8, 4) is 0 Å². The number of carbonyl (C=O) groups is 1. The standard InChI is InChI=1S/C12H16ClN3O2/c1-8-6-10(15-12(13)14-8)11(17)16-5-3-4-9(7-16)18-2/h6,9H,3-5,7H2,1-2H3. The van der Waals surface area contributed by atoms with Gasteiger partial charge in [-0.05, 0) is 37.4 Å². The van der Waals surface area contributed by atoms with E-state index >= 15 is 0 Å². The van der Waals surface area contributed by atoms with Gasteiger partial charge in [0.2, 0.25) is 5.28 Å². The first kappa shape index (κ1) is 13.2. The molecule has 6 heteroatoms. The third-order valence-corrected chi connectivity index (χ3v) is 3.21. The molecule has 1 fully saturated rings. The van der Waals surface area contributed by atoms with Crippen molar-refractivity contribution in [1.29, 1.82) is 0 Å². The monoisotopic (exact) mass is 269 g/mol. The molecule has 0 bridgehead atoms. The van der Waals surface area contributed by atoms with Gasteiger partial charge in [-0.15, -0.1) is 0 Å². The largest absolute Gasteiger partial charge is 0.380 e. The van der Waals surface area contributed by atoms with Crippen molar-refractivity contribution in [3.05, 3.63) is 22.7 Å². The quantitative estimate of drug-likeness (QED) is 0.767. The summed E-state index contributed by atoms with van der Waals surface area (Å²) < 4.78 is 5.30. The molecule has 1 aliphatic rings. The number of halogens is 1. The van der Waals surface area contributed by atoms with E-state index in [2.05, 4.69) is 9.97 Å². The van der Waals surface area contributed by atoms with Gasteiger partial charge in [0.25, 0.3) is 5.91 Å². The minimum Gasteiger partial charge on any atom is -0.380 e. The van der Waals surface area contributed by atoms with Gasteiger partial charge < -0.3 is 9.64 Å².